The molecule has 2 spiro atoms. The largest absolute Gasteiger partial charge is 0.332 e. The Kier molecular flexibility index (Phi) is 6.19. The van der Waals surface area contributed by atoms with Gasteiger partial charge in [0.1, 0.15) is 0 Å². The van der Waals surface area contributed by atoms with E-state index in [0.29, 0.717) is 5.92 Å². The summed E-state index contributed by atoms with van der Waals surface area (Å²) in [7, 11) is 0. The number of para-hydroxylation sites is 4. The van der Waals surface area contributed by atoms with Gasteiger partial charge in [-0.1, -0.05) is 164 Å². The molecule has 0 N–H and O–H groups in total. The lowest BCUT2D eigenvalue weighted by Gasteiger charge is -2.63. The van der Waals surface area contributed by atoms with Gasteiger partial charge in [-0.15, -0.1) is 0 Å². The lowest BCUT2D eigenvalue weighted by atomic mass is 9.25. The van der Waals surface area contributed by atoms with Gasteiger partial charge in [-0.3, -0.25) is 0 Å². The molecule has 5 atom stereocenters. The summed E-state index contributed by atoms with van der Waals surface area (Å²) in [6, 6.07) is 52.4. The van der Waals surface area contributed by atoms with E-state index in [1.54, 1.807) is 0 Å². The maximum Gasteiger partial charge on any atom is 0.226 e. The third-order valence-electron chi connectivity index (χ3n) is 16.8. The van der Waals surface area contributed by atoms with Crippen LogP contribution in [0.3, 0.4) is 0 Å². The van der Waals surface area contributed by atoms with E-state index in [1.165, 1.54) is 112 Å². The standard InChI is InChI=1S/C59H45BN2/c1-35-30-31-44-40(32-35)39-18-6-9-21-43(39)59(44)45-22-10-12-28-51(45)61-53-33-36(2)34-57(3)56(53)60(49-26-14-24-47(59)54(49)61)50-27-15-25-48-55(50)62(57)52-29-13-11-23-46(52)58(48)41-19-7-4-16-37(41)38-17-5-8-20-42(38)58/h4,6-16,18-31,33-35,56H,5,17,32H2,1-3H3. The fourth-order valence-corrected chi connectivity index (χ4v) is 15.0. The molecule has 2 nitrogen and oxygen atoms in total. The molecule has 15 rings (SSSR count). The minimum Gasteiger partial charge on any atom is -0.332 e. The van der Waals surface area contributed by atoms with Crippen molar-refractivity contribution in [1.82, 2.24) is 0 Å². The van der Waals surface area contributed by atoms with Gasteiger partial charge >= 0.3 is 0 Å². The zero-order valence-electron chi connectivity index (χ0n) is 35.4. The zero-order chi connectivity index (χ0) is 40.9. The smallest absolute Gasteiger partial charge is 0.226 e. The van der Waals surface area contributed by atoms with Crippen molar-refractivity contribution >= 4 is 51.5 Å². The highest BCUT2D eigenvalue weighted by molar-refractivity contribution is 6.90. The third-order valence-corrected chi connectivity index (χ3v) is 16.8. The molecule has 0 saturated heterocycles. The quantitative estimate of drug-likeness (QED) is 0.141. The van der Waals surface area contributed by atoms with Gasteiger partial charge in [-0.2, -0.15) is 0 Å². The molecule has 62 heavy (non-hydrogen) atoms. The number of anilines is 4. The van der Waals surface area contributed by atoms with Crippen molar-refractivity contribution in [2.75, 3.05) is 9.80 Å². The van der Waals surface area contributed by atoms with Crippen molar-refractivity contribution in [2.24, 2.45) is 5.92 Å². The first kappa shape index (κ1) is 34.1. The Bertz CT molecular complexity index is 3320. The van der Waals surface area contributed by atoms with Crippen molar-refractivity contribution in [1.29, 1.82) is 0 Å². The minimum atomic E-state index is -0.416. The minimum absolute atomic E-state index is 0.136. The number of allylic oxidation sites excluding steroid dienone is 10. The summed E-state index contributed by atoms with van der Waals surface area (Å²) < 4.78 is 0. The molecular formula is C59H45BN2. The van der Waals surface area contributed by atoms with Crippen molar-refractivity contribution in [2.45, 2.75) is 62.2 Å². The molecule has 5 aliphatic carbocycles. The fourth-order valence-electron chi connectivity index (χ4n) is 15.0. The van der Waals surface area contributed by atoms with Crippen molar-refractivity contribution in [3.05, 3.63) is 237 Å². The zero-order valence-corrected chi connectivity index (χ0v) is 35.4. The molecule has 5 unspecified atom stereocenters. The topological polar surface area (TPSA) is 6.48 Å². The van der Waals surface area contributed by atoms with Crippen LogP contribution in [0.25, 0.3) is 11.1 Å². The van der Waals surface area contributed by atoms with Crippen LogP contribution in [0, 0.1) is 5.92 Å². The van der Waals surface area contributed by atoms with Crippen molar-refractivity contribution in [3.8, 4) is 0 Å². The van der Waals surface area contributed by atoms with Gasteiger partial charge in [-0.25, -0.2) is 0 Å². The SMILES string of the molecule is CC1=CC2(C)C3B(c4cccc5c4N(C3=C1)c1ccccc1C51C3=C(CC(C)C=C3)c3ccccc31)c1cccc3c1N2c1ccccc1C31C2=C(CCC=C2)c2ccccc21. The molecule has 0 aromatic heterocycles. The second kappa shape index (κ2) is 11.3. The Balaban J connectivity index is 1.08. The molecule has 0 saturated carbocycles. The van der Waals surface area contributed by atoms with Crippen LogP contribution in [0.2, 0.25) is 5.82 Å². The number of hydrogen-bond acceptors (Lipinski definition) is 2. The Labute approximate surface area is 364 Å². The van der Waals surface area contributed by atoms with E-state index in [9.17, 15) is 0 Å². The van der Waals surface area contributed by atoms with E-state index in [1.807, 2.05) is 0 Å². The highest BCUT2D eigenvalue weighted by atomic mass is 15.3. The Morgan fingerprint density at radius 3 is 1.92 bits per heavy atom. The van der Waals surface area contributed by atoms with Crippen LogP contribution in [-0.4, -0.2) is 12.3 Å². The monoisotopic (exact) mass is 792 g/mol. The molecule has 9 aliphatic rings. The first-order valence-electron chi connectivity index (χ1n) is 23.0. The van der Waals surface area contributed by atoms with Gasteiger partial charge < -0.3 is 9.80 Å². The van der Waals surface area contributed by atoms with Crippen molar-refractivity contribution < 1.29 is 0 Å². The maximum atomic E-state index is 2.81. The molecule has 6 aromatic carbocycles. The van der Waals surface area contributed by atoms with Crippen LogP contribution in [0.5, 0.6) is 0 Å². The normalized spacial score (nSPS) is 27.8. The lowest BCUT2D eigenvalue weighted by Crippen LogP contribution is -2.69. The van der Waals surface area contributed by atoms with Gasteiger partial charge in [0.25, 0.3) is 0 Å². The van der Waals surface area contributed by atoms with Crippen molar-refractivity contribution in [3.63, 3.8) is 0 Å². The Hall–Kier alpha value is -6.58. The summed E-state index contributed by atoms with van der Waals surface area (Å²) in [5, 5.41) is 0. The average molecular weight is 793 g/mol. The van der Waals surface area contributed by atoms with Gasteiger partial charge in [0.2, 0.25) is 6.71 Å². The Morgan fingerprint density at radius 1 is 0.597 bits per heavy atom. The number of rotatable bonds is 0. The van der Waals surface area contributed by atoms with Crippen LogP contribution >= 0.6 is 0 Å². The highest BCUT2D eigenvalue weighted by Crippen LogP contribution is 2.69. The predicted octanol–water partition coefficient (Wildman–Crippen LogP) is 12.3. The van der Waals surface area contributed by atoms with Crippen LogP contribution in [0.1, 0.15) is 84.5 Å². The predicted molar refractivity (Wildman–Crippen MR) is 257 cm³/mol. The van der Waals surface area contributed by atoms with Crippen LogP contribution in [0.15, 0.2) is 192 Å². The van der Waals surface area contributed by atoms with Gasteiger partial charge in [0.15, 0.2) is 0 Å². The molecule has 4 heterocycles. The van der Waals surface area contributed by atoms with E-state index in [-0.39, 0.29) is 18.1 Å². The number of fused-ring (bicyclic) bond motifs is 20. The second-order valence-electron chi connectivity index (χ2n) is 19.7. The average Bonchev–Trinajstić information content (AvgIpc) is 3.76. The number of nitrogens with zero attached hydrogens (tertiary/aromatic N) is 2. The molecule has 0 radical (unpaired) electrons. The van der Waals surface area contributed by atoms with E-state index < -0.39 is 10.8 Å². The molecule has 6 aromatic rings. The number of hydrogen-bond donors (Lipinski definition) is 0. The summed E-state index contributed by atoms with van der Waals surface area (Å²) in [6.45, 7) is 7.42. The van der Waals surface area contributed by atoms with E-state index >= 15 is 0 Å². The Morgan fingerprint density at radius 2 is 1.18 bits per heavy atom. The van der Waals surface area contributed by atoms with Crippen LogP contribution in [0.4, 0.5) is 22.7 Å². The van der Waals surface area contributed by atoms with E-state index in [0.717, 1.165) is 19.3 Å². The highest BCUT2D eigenvalue weighted by Gasteiger charge is 2.64. The maximum absolute atomic E-state index is 2.81. The van der Waals surface area contributed by atoms with Crippen LogP contribution in [-0.2, 0) is 10.8 Å². The summed E-state index contributed by atoms with van der Waals surface area (Å²) in [5.41, 5.74) is 27.2. The van der Waals surface area contributed by atoms with Gasteiger partial charge in [0, 0.05) is 28.6 Å². The molecule has 0 fully saturated rings. The lowest BCUT2D eigenvalue weighted by molar-refractivity contribution is 0.519. The molecular weight excluding hydrogens is 747 g/mol. The van der Waals surface area contributed by atoms with Crippen LogP contribution < -0.4 is 20.7 Å². The third kappa shape index (κ3) is 3.58. The van der Waals surface area contributed by atoms with E-state index in [2.05, 4.69) is 200 Å². The summed E-state index contributed by atoms with van der Waals surface area (Å²) >= 11 is 0. The fraction of sp³-hybridized carbons (Fsp3) is 0.186. The first-order chi connectivity index (χ1) is 30.5. The van der Waals surface area contributed by atoms with Gasteiger partial charge in [0.05, 0.1) is 22.1 Å². The molecule has 0 bridgehead atoms. The summed E-state index contributed by atoms with van der Waals surface area (Å²) in [6.07, 6.45) is 18.3. The summed E-state index contributed by atoms with van der Waals surface area (Å²) in [4.78, 5) is 5.55. The number of benzene rings is 6. The van der Waals surface area contributed by atoms with Gasteiger partial charge in [-0.05, 0) is 135 Å². The molecule has 0 amide bonds. The molecule has 4 aliphatic heterocycles. The summed E-state index contributed by atoms with van der Waals surface area (Å²) in [5.74, 6) is 0.658. The first-order valence-corrected chi connectivity index (χ1v) is 23.0. The van der Waals surface area contributed by atoms with E-state index in [4.69, 9.17) is 0 Å². The molecule has 294 valence electrons. The molecule has 3 heteroatoms. The second-order valence-corrected chi connectivity index (χ2v) is 19.7.